The summed E-state index contributed by atoms with van der Waals surface area (Å²) in [6.45, 7) is 3.09. The summed E-state index contributed by atoms with van der Waals surface area (Å²) in [5.41, 5.74) is 2.01. The van der Waals surface area contributed by atoms with E-state index in [0.29, 0.717) is 19.7 Å². The highest BCUT2D eigenvalue weighted by Crippen LogP contribution is 2.24. The Kier molecular flexibility index (Phi) is 6.02. The second-order valence-electron chi connectivity index (χ2n) is 6.48. The molecule has 0 aromatic heterocycles. The van der Waals surface area contributed by atoms with Gasteiger partial charge in [-0.1, -0.05) is 60.7 Å². The molecular weight excluding hydrogens is 328 g/mol. The number of rotatable bonds is 5. The Hall–Kier alpha value is -2.66. The van der Waals surface area contributed by atoms with Gasteiger partial charge in [0.1, 0.15) is 6.10 Å². The van der Waals surface area contributed by atoms with Crippen LogP contribution in [0.3, 0.4) is 0 Å². The lowest BCUT2D eigenvalue weighted by molar-refractivity contribution is -0.139. The maximum Gasteiger partial charge on any atom is 0.225 e. The number of morpholine rings is 1. The van der Waals surface area contributed by atoms with Crippen molar-refractivity contribution in [3.63, 3.8) is 0 Å². The second-order valence-corrected chi connectivity index (χ2v) is 6.48. The van der Waals surface area contributed by atoms with Crippen LogP contribution in [0.25, 0.3) is 0 Å². The van der Waals surface area contributed by atoms with Crippen molar-refractivity contribution >= 4 is 11.8 Å². The van der Waals surface area contributed by atoms with Gasteiger partial charge in [0, 0.05) is 13.5 Å². The van der Waals surface area contributed by atoms with Crippen molar-refractivity contribution in [2.24, 2.45) is 0 Å². The first-order valence-corrected chi connectivity index (χ1v) is 8.90. The summed E-state index contributed by atoms with van der Waals surface area (Å²) in [4.78, 5) is 26.3. The number of carbonyl (C=O) groups is 2. The molecule has 1 N–H and O–H groups in total. The number of hydrogen-bond acceptors (Lipinski definition) is 3. The smallest absolute Gasteiger partial charge is 0.225 e. The lowest BCUT2D eigenvalue weighted by Gasteiger charge is -2.34. The second kappa shape index (κ2) is 8.63. The Morgan fingerprint density at radius 3 is 2.42 bits per heavy atom. The molecule has 1 fully saturated rings. The molecule has 2 unspecified atom stereocenters. The molecule has 1 heterocycles. The summed E-state index contributed by atoms with van der Waals surface area (Å²) >= 11 is 0. The van der Waals surface area contributed by atoms with E-state index in [-0.39, 0.29) is 30.4 Å². The SMILES string of the molecule is CC(=O)NC(CC(=O)N1CCOC(c2ccccc2)C1)c1ccccc1. The van der Waals surface area contributed by atoms with Gasteiger partial charge < -0.3 is 15.0 Å². The molecule has 0 spiro atoms. The van der Waals surface area contributed by atoms with E-state index in [1.54, 1.807) is 0 Å². The number of nitrogens with one attached hydrogen (secondary N) is 1. The van der Waals surface area contributed by atoms with Crippen molar-refractivity contribution in [3.05, 3.63) is 71.8 Å². The van der Waals surface area contributed by atoms with Crippen LogP contribution in [0.4, 0.5) is 0 Å². The summed E-state index contributed by atoms with van der Waals surface area (Å²) in [6.07, 6.45) is 0.135. The normalized spacial score (nSPS) is 18.2. The summed E-state index contributed by atoms with van der Waals surface area (Å²) in [5, 5.41) is 2.89. The zero-order chi connectivity index (χ0) is 18.4. The van der Waals surface area contributed by atoms with Crippen molar-refractivity contribution in [2.75, 3.05) is 19.7 Å². The maximum atomic E-state index is 12.9. The Morgan fingerprint density at radius 2 is 1.77 bits per heavy atom. The average molecular weight is 352 g/mol. The van der Waals surface area contributed by atoms with Crippen LogP contribution in [0.15, 0.2) is 60.7 Å². The molecule has 0 bridgehead atoms. The molecule has 0 saturated carbocycles. The predicted molar refractivity (Wildman–Crippen MR) is 99.3 cm³/mol. The first-order chi connectivity index (χ1) is 12.6. The van der Waals surface area contributed by atoms with Gasteiger partial charge in [0.2, 0.25) is 11.8 Å². The van der Waals surface area contributed by atoms with Crippen LogP contribution in [-0.4, -0.2) is 36.4 Å². The Balaban J connectivity index is 1.68. The number of ether oxygens (including phenoxy) is 1. The largest absolute Gasteiger partial charge is 0.370 e. The molecule has 136 valence electrons. The zero-order valence-electron chi connectivity index (χ0n) is 14.9. The molecule has 2 aromatic rings. The predicted octanol–water partition coefficient (Wildman–Crippen LogP) is 2.85. The Morgan fingerprint density at radius 1 is 1.12 bits per heavy atom. The first kappa shape index (κ1) is 18.1. The van der Waals surface area contributed by atoms with Gasteiger partial charge in [-0.05, 0) is 11.1 Å². The molecule has 2 atom stereocenters. The summed E-state index contributed by atoms with van der Waals surface area (Å²) in [5.74, 6) is -0.118. The maximum absolute atomic E-state index is 12.9. The highest BCUT2D eigenvalue weighted by atomic mass is 16.5. The molecule has 26 heavy (non-hydrogen) atoms. The van der Waals surface area contributed by atoms with Gasteiger partial charge in [-0.15, -0.1) is 0 Å². The standard InChI is InChI=1S/C21H24N2O3/c1-16(24)22-19(17-8-4-2-5-9-17)14-21(25)23-12-13-26-20(15-23)18-10-6-3-7-11-18/h2-11,19-20H,12-15H2,1H3,(H,22,24). The molecule has 5 heteroatoms. The Bertz CT molecular complexity index is 733. The summed E-state index contributed by atoms with van der Waals surface area (Å²) in [7, 11) is 0. The number of benzene rings is 2. The fourth-order valence-corrected chi connectivity index (χ4v) is 3.23. The molecule has 2 amide bonds. The van der Waals surface area contributed by atoms with Gasteiger partial charge in [-0.2, -0.15) is 0 Å². The molecule has 0 radical (unpaired) electrons. The first-order valence-electron chi connectivity index (χ1n) is 8.90. The van der Waals surface area contributed by atoms with Crippen LogP contribution in [0, 0.1) is 0 Å². The molecular formula is C21H24N2O3. The molecule has 3 rings (SSSR count). The van der Waals surface area contributed by atoms with E-state index in [2.05, 4.69) is 5.32 Å². The van der Waals surface area contributed by atoms with Crippen molar-refractivity contribution in [1.82, 2.24) is 10.2 Å². The van der Waals surface area contributed by atoms with Crippen molar-refractivity contribution < 1.29 is 14.3 Å². The molecule has 1 aliphatic rings. The highest BCUT2D eigenvalue weighted by Gasteiger charge is 2.27. The average Bonchev–Trinajstić information content (AvgIpc) is 2.68. The van der Waals surface area contributed by atoms with Gasteiger partial charge in [-0.25, -0.2) is 0 Å². The van der Waals surface area contributed by atoms with Gasteiger partial charge in [0.15, 0.2) is 0 Å². The lowest BCUT2D eigenvalue weighted by Crippen LogP contribution is -2.43. The fourth-order valence-electron chi connectivity index (χ4n) is 3.23. The van der Waals surface area contributed by atoms with Crippen molar-refractivity contribution in [1.29, 1.82) is 0 Å². The third-order valence-electron chi connectivity index (χ3n) is 4.55. The minimum Gasteiger partial charge on any atom is -0.370 e. The van der Waals surface area contributed by atoms with Gasteiger partial charge >= 0.3 is 0 Å². The molecule has 1 saturated heterocycles. The minimum absolute atomic E-state index is 0.0248. The number of nitrogens with zero attached hydrogens (tertiary/aromatic N) is 1. The zero-order valence-corrected chi connectivity index (χ0v) is 14.9. The van der Waals surface area contributed by atoms with Gasteiger partial charge in [0.05, 0.1) is 25.6 Å². The third kappa shape index (κ3) is 4.70. The number of carbonyl (C=O) groups excluding carboxylic acids is 2. The lowest BCUT2D eigenvalue weighted by atomic mass is 10.0. The topological polar surface area (TPSA) is 58.6 Å². The highest BCUT2D eigenvalue weighted by molar-refractivity contribution is 5.79. The van der Waals surface area contributed by atoms with Crippen LogP contribution in [0.5, 0.6) is 0 Å². The van der Waals surface area contributed by atoms with E-state index >= 15 is 0 Å². The molecule has 0 aliphatic carbocycles. The van der Waals surface area contributed by atoms with Gasteiger partial charge in [-0.3, -0.25) is 9.59 Å². The van der Waals surface area contributed by atoms with Crippen molar-refractivity contribution in [3.8, 4) is 0 Å². The molecule has 1 aliphatic heterocycles. The molecule has 5 nitrogen and oxygen atoms in total. The van der Waals surface area contributed by atoms with E-state index in [0.717, 1.165) is 11.1 Å². The van der Waals surface area contributed by atoms with Crippen LogP contribution in [-0.2, 0) is 14.3 Å². The van der Waals surface area contributed by atoms with Crippen LogP contribution in [0.1, 0.15) is 36.6 Å². The number of amides is 2. The van der Waals surface area contributed by atoms with E-state index < -0.39 is 0 Å². The van der Waals surface area contributed by atoms with Crippen LogP contribution in [0.2, 0.25) is 0 Å². The van der Waals surface area contributed by atoms with E-state index in [1.807, 2.05) is 65.6 Å². The summed E-state index contributed by atoms with van der Waals surface area (Å²) in [6, 6.07) is 19.2. The molecule has 2 aromatic carbocycles. The van der Waals surface area contributed by atoms with E-state index in [4.69, 9.17) is 4.74 Å². The quantitative estimate of drug-likeness (QED) is 0.900. The van der Waals surface area contributed by atoms with Crippen LogP contribution < -0.4 is 5.32 Å². The summed E-state index contributed by atoms with van der Waals surface area (Å²) < 4.78 is 5.83. The fraction of sp³-hybridized carbons (Fsp3) is 0.333. The van der Waals surface area contributed by atoms with E-state index in [1.165, 1.54) is 6.92 Å². The van der Waals surface area contributed by atoms with Crippen molar-refractivity contribution in [2.45, 2.75) is 25.5 Å². The number of hydrogen-bond donors (Lipinski definition) is 1. The minimum atomic E-state index is -0.320. The van der Waals surface area contributed by atoms with Crippen LogP contribution >= 0.6 is 0 Å². The third-order valence-corrected chi connectivity index (χ3v) is 4.55. The van der Waals surface area contributed by atoms with E-state index in [9.17, 15) is 9.59 Å². The Labute approximate surface area is 154 Å². The van der Waals surface area contributed by atoms with Gasteiger partial charge in [0.25, 0.3) is 0 Å². The monoisotopic (exact) mass is 352 g/mol.